The SMILES string of the molecule is CCOC(C)(C)CNC1CCCCc2ccccc21. The lowest BCUT2D eigenvalue weighted by Crippen LogP contribution is -2.39. The zero-order valence-corrected chi connectivity index (χ0v) is 12.5. The Hall–Kier alpha value is -0.860. The smallest absolute Gasteiger partial charge is 0.0750 e. The molecule has 1 aromatic carbocycles. The van der Waals surface area contributed by atoms with Crippen LogP contribution in [-0.2, 0) is 11.2 Å². The van der Waals surface area contributed by atoms with E-state index in [0.717, 1.165) is 13.2 Å². The van der Waals surface area contributed by atoms with Crippen LogP contribution in [0, 0.1) is 0 Å². The normalized spacial score (nSPS) is 19.8. The summed E-state index contributed by atoms with van der Waals surface area (Å²) in [6.45, 7) is 8.05. The minimum absolute atomic E-state index is 0.0873. The second-order valence-corrected chi connectivity index (χ2v) is 6.07. The van der Waals surface area contributed by atoms with Gasteiger partial charge in [0, 0.05) is 19.2 Å². The highest BCUT2D eigenvalue weighted by Gasteiger charge is 2.22. The molecule has 19 heavy (non-hydrogen) atoms. The summed E-state index contributed by atoms with van der Waals surface area (Å²) >= 11 is 0. The maximum atomic E-state index is 5.78. The van der Waals surface area contributed by atoms with Gasteiger partial charge < -0.3 is 10.1 Å². The quantitative estimate of drug-likeness (QED) is 0.813. The fourth-order valence-corrected chi connectivity index (χ4v) is 2.94. The van der Waals surface area contributed by atoms with E-state index in [1.54, 1.807) is 0 Å². The Morgan fingerprint density at radius 1 is 1.26 bits per heavy atom. The predicted octanol–water partition coefficient (Wildman–Crippen LogP) is 3.86. The molecule has 1 unspecified atom stereocenters. The second-order valence-electron chi connectivity index (χ2n) is 6.07. The molecule has 0 amide bonds. The third-order valence-corrected chi connectivity index (χ3v) is 3.93. The van der Waals surface area contributed by atoms with E-state index >= 15 is 0 Å². The first kappa shape index (κ1) is 14.5. The van der Waals surface area contributed by atoms with Crippen LogP contribution in [0.15, 0.2) is 24.3 Å². The third kappa shape index (κ3) is 4.05. The summed E-state index contributed by atoms with van der Waals surface area (Å²) in [5, 5.41) is 3.72. The molecule has 1 aliphatic carbocycles. The zero-order chi connectivity index (χ0) is 13.7. The van der Waals surface area contributed by atoms with Crippen molar-refractivity contribution in [2.24, 2.45) is 0 Å². The van der Waals surface area contributed by atoms with Crippen LogP contribution >= 0.6 is 0 Å². The molecule has 1 aromatic rings. The number of hydrogen-bond acceptors (Lipinski definition) is 2. The first-order valence-electron chi connectivity index (χ1n) is 7.57. The molecular formula is C17H27NO. The average Bonchev–Trinajstić information content (AvgIpc) is 2.58. The Morgan fingerprint density at radius 2 is 2.05 bits per heavy atom. The molecule has 1 N–H and O–H groups in total. The van der Waals surface area contributed by atoms with Crippen LogP contribution in [0.4, 0.5) is 0 Å². The molecule has 0 fully saturated rings. The number of benzene rings is 1. The molecule has 2 rings (SSSR count). The first-order chi connectivity index (χ1) is 9.12. The van der Waals surface area contributed by atoms with Crippen molar-refractivity contribution in [1.82, 2.24) is 5.32 Å². The van der Waals surface area contributed by atoms with Crippen LogP contribution in [0.5, 0.6) is 0 Å². The van der Waals surface area contributed by atoms with Gasteiger partial charge in [0.05, 0.1) is 5.60 Å². The number of aryl methyl sites for hydroxylation is 1. The van der Waals surface area contributed by atoms with Gasteiger partial charge in [0.2, 0.25) is 0 Å². The molecule has 2 nitrogen and oxygen atoms in total. The van der Waals surface area contributed by atoms with E-state index in [1.807, 2.05) is 0 Å². The van der Waals surface area contributed by atoms with E-state index in [1.165, 1.54) is 36.8 Å². The van der Waals surface area contributed by atoms with E-state index < -0.39 is 0 Å². The molecule has 106 valence electrons. The molecule has 0 heterocycles. The van der Waals surface area contributed by atoms with Crippen molar-refractivity contribution in [2.75, 3.05) is 13.2 Å². The summed E-state index contributed by atoms with van der Waals surface area (Å²) in [5.74, 6) is 0. The van der Waals surface area contributed by atoms with Gasteiger partial charge in [-0.2, -0.15) is 0 Å². The summed E-state index contributed by atoms with van der Waals surface area (Å²) in [6, 6.07) is 9.37. The van der Waals surface area contributed by atoms with Crippen molar-refractivity contribution in [3.8, 4) is 0 Å². The Kier molecular flexibility index (Phi) is 5.00. The Balaban J connectivity index is 2.04. The molecule has 2 heteroatoms. The first-order valence-corrected chi connectivity index (χ1v) is 7.57. The second kappa shape index (κ2) is 6.53. The van der Waals surface area contributed by atoms with Crippen molar-refractivity contribution in [3.05, 3.63) is 35.4 Å². The van der Waals surface area contributed by atoms with Gasteiger partial charge in [0.1, 0.15) is 0 Å². The van der Waals surface area contributed by atoms with Crippen LogP contribution in [0.2, 0.25) is 0 Å². The van der Waals surface area contributed by atoms with Gasteiger partial charge in [-0.25, -0.2) is 0 Å². The lowest BCUT2D eigenvalue weighted by atomic mass is 9.98. The van der Waals surface area contributed by atoms with E-state index in [0.29, 0.717) is 6.04 Å². The lowest BCUT2D eigenvalue weighted by molar-refractivity contribution is -0.0108. The van der Waals surface area contributed by atoms with Crippen LogP contribution in [-0.4, -0.2) is 18.8 Å². The van der Waals surface area contributed by atoms with Gasteiger partial charge in [-0.15, -0.1) is 0 Å². The van der Waals surface area contributed by atoms with Crippen molar-refractivity contribution in [2.45, 2.75) is 58.1 Å². The zero-order valence-electron chi connectivity index (χ0n) is 12.5. The van der Waals surface area contributed by atoms with Crippen molar-refractivity contribution in [1.29, 1.82) is 0 Å². The van der Waals surface area contributed by atoms with Crippen LogP contribution < -0.4 is 5.32 Å². The monoisotopic (exact) mass is 261 g/mol. The highest BCUT2D eigenvalue weighted by atomic mass is 16.5. The molecular weight excluding hydrogens is 234 g/mol. The molecule has 0 saturated heterocycles. The minimum atomic E-state index is -0.0873. The van der Waals surface area contributed by atoms with Gasteiger partial charge in [-0.05, 0) is 51.2 Å². The van der Waals surface area contributed by atoms with Crippen molar-refractivity contribution in [3.63, 3.8) is 0 Å². The number of nitrogens with one attached hydrogen (secondary N) is 1. The molecule has 0 aromatic heterocycles. The summed E-state index contributed by atoms with van der Waals surface area (Å²) < 4.78 is 5.78. The summed E-state index contributed by atoms with van der Waals surface area (Å²) in [7, 11) is 0. The molecule has 1 atom stereocenters. The largest absolute Gasteiger partial charge is 0.375 e. The topological polar surface area (TPSA) is 21.3 Å². The number of hydrogen-bond donors (Lipinski definition) is 1. The van der Waals surface area contributed by atoms with Gasteiger partial charge in [0.15, 0.2) is 0 Å². The molecule has 0 spiro atoms. The fourth-order valence-electron chi connectivity index (χ4n) is 2.94. The lowest BCUT2D eigenvalue weighted by Gasteiger charge is -2.28. The highest BCUT2D eigenvalue weighted by Crippen LogP contribution is 2.28. The Bertz CT molecular complexity index is 400. The maximum Gasteiger partial charge on any atom is 0.0750 e. The molecule has 1 aliphatic rings. The molecule has 0 bridgehead atoms. The van der Waals surface area contributed by atoms with Crippen LogP contribution in [0.1, 0.15) is 57.2 Å². The van der Waals surface area contributed by atoms with Crippen molar-refractivity contribution >= 4 is 0 Å². The van der Waals surface area contributed by atoms with E-state index in [-0.39, 0.29) is 5.60 Å². The van der Waals surface area contributed by atoms with E-state index in [4.69, 9.17) is 4.74 Å². The standard InChI is InChI=1S/C17H27NO/c1-4-19-17(2,3)13-18-16-12-8-6-10-14-9-5-7-11-15(14)16/h5,7,9,11,16,18H,4,6,8,10,12-13H2,1-3H3. The van der Waals surface area contributed by atoms with E-state index in [9.17, 15) is 0 Å². The molecule has 0 saturated carbocycles. The van der Waals surface area contributed by atoms with Crippen LogP contribution in [0.25, 0.3) is 0 Å². The molecule has 0 aliphatic heterocycles. The summed E-state index contributed by atoms with van der Waals surface area (Å²) in [5.41, 5.74) is 2.93. The Morgan fingerprint density at radius 3 is 2.84 bits per heavy atom. The Labute approximate surface area is 117 Å². The predicted molar refractivity (Wildman–Crippen MR) is 80.4 cm³/mol. The van der Waals surface area contributed by atoms with Gasteiger partial charge in [-0.1, -0.05) is 30.7 Å². The van der Waals surface area contributed by atoms with Crippen LogP contribution in [0.3, 0.4) is 0 Å². The number of ether oxygens (including phenoxy) is 1. The highest BCUT2D eigenvalue weighted by molar-refractivity contribution is 5.31. The number of rotatable bonds is 5. The molecule has 0 radical (unpaired) electrons. The van der Waals surface area contributed by atoms with Crippen molar-refractivity contribution < 1.29 is 4.74 Å². The van der Waals surface area contributed by atoms with Gasteiger partial charge >= 0.3 is 0 Å². The fraction of sp³-hybridized carbons (Fsp3) is 0.647. The van der Waals surface area contributed by atoms with Gasteiger partial charge in [0.25, 0.3) is 0 Å². The van der Waals surface area contributed by atoms with Gasteiger partial charge in [-0.3, -0.25) is 0 Å². The average molecular weight is 261 g/mol. The minimum Gasteiger partial charge on any atom is -0.375 e. The maximum absolute atomic E-state index is 5.78. The third-order valence-electron chi connectivity index (χ3n) is 3.93. The number of fused-ring (bicyclic) bond motifs is 1. The summed E-state index contributed by atoms with van der Waals surface area (Å²) in [4.78, 5) is 0. The summed E-state index contributed by atoms with van der Waals surface area (Å²) in [6.07, 6.45) is 5.08. The van der Waals surface area contributed by atoms with E-state index in [2.05, 4.69) is 50.4 Å².